The van der Waals surface area contributed by atoms with Crippen LogP contribution in [0.3, 0.4) is 0 Å². The molecule has 1 aromatic heterocycles. The Morgan fingerprint density at radius 3 is 3.00 bits per heavy atom. The fourth-order valence-electron chi connectivity index (χ4n) is 2.85. The molecular formula is C18H23N7O2. The van der Waals surface area contributed by atoms with Crippen molar-refractivity contribution in [2.45, 2.75) is 19.3 Å². The Hall–Kier alpha value is -3.12. The van der Waals surface area contributed by atoms with Crippen LogP contribution < -0.4 is 15.8 Å². The van der Waals surface area contributed by atoms with Crippen LogP contribution >= 0.6 is 0 Å². The summed E-state index contributed by atoms with van der Waals surface area (Å²) in [5.41, 5.74) is 7.61. The molecule has 9 nitrogen and oxygen atoms in total. The molecule has 2 amide bonds. The van der Waals surface area contributed by atoms with Crippen LogP contribution in [0.1, 0.15) is 24.1 Å². The van der Waals surface area contributed by atoms with Crippen LogP contribution in [0.25, 0.3) is 5.69 Å². The lowest BCUT2D eigenvalue weighted by atomic mass is 10.2. The Morgan fingerprint density at radius 1 is 1.37 bits per heavy atom. The standard InChI is InChI=1S/C18H23N7O2/c19-6-2-1-3-15-13-25(23-22-15)16-5-4-14(12-20)17(11-16)27-10-9-24-8-7-21-18(24)26/h4-5,11,13H,1-3,6-10,19H2,(H,21,26). The number of nitriles is 1. The van der Waals surface area contributed by atoms with Gasteiger partial charge in [0.1, 0.15) is 18.4 Å². The minimum atomic E-state index is -0.0855. The first-order valence-electron chi connectivity index (χ1n) is 9.02. The Kier molecular flexibility index (Phi) is 6.22. The molecule has 0 radical (unpaired) electrons. The third-order valence-electron chi connectivity index (χ3n) is 4.34. The van der Waals surface area contributed by atoms with Gasteiger partial charge in [0, 0.05) is 19.2 Å². The average Bonchev–Trinajstić information content (AvgIpc) is 3.31. The summed E-state index contributed by atoms with van der Waals surface area (Å²) in [5, 5.41) is 20.4. The molecule has 0 atom stereocenters. The quantitative estimate of drug-likeness (QED) is 0.631. The van der Waals surface area contributed by atoms with Crippen molar-refractivity contribution in [1.82, 2.24) is 25.2 Å². The average molecular weight is 369 g/mol. The molecule has 0 unspecified atom stereocenters. The summed E-state index contributed by atoms with van der Waals surface area (Å²) < 4.78 is 7.43. The van der Waals surface area contributed by atoms with Gasteiger partial charge in [0.25, 0.3) is 0 Å². The van der Waals surface area contributed by atoms with Gasteiger partial charge in [0.15, 0.2) is 0 Å². The Morgan fingerprint density at radius 2 is 2.26 bits per heavy atom. The van der Waals surface area contributed by atoms with E-state index >= 15 is 0 Å². The van der Waals surface area contributed by atoms with Crippen LogP contribution in [0, 0.1) is 11.3 Å². The second-order valence-electron chi connectivity index (χ2n) is 6.26. The molecule has 0 spiro atoms. The summed E-state index contributed by atoms with van der Waals surface area (Å²) in [6.07, 6.45) is 4.63. The molecule has 0 bridgehead atoms. The number of unbranched alkanes of at least 4 members (excludes halogenated alkanes) is 1. The number of nitrogens with zero attached hydrogens (tertiary/aromatic N) is 5. The molecule has 1 aromatic carbocycles. The van der Waals surface area contributed by atoms with Crippen LogP contribution in [-0.2, 0) is 6.42 Å². The van der Waals surface area contributed by atoms with Crippen LogP contribution in [0.15, 0.2) is 24.4 Å². The van der Waals surface area contributed by atoms with Crippen LogP contribution in [0.4, 0.5) is 4.79 Å². The Bertz CT molecular complexity index is 827. The van der Waals surface area contributed by atoms with Crippen molar-refractivity contribution < 1.29 is 9.53 Å². The van der Waals surface area contributed by atoms with E-state index in [1.807, 2.05) is 6.20 Å². The van der Waals surface area contributed by atoms with Gasteiger partial charge in [-0.1, -0.05) is 5.21 Å². The lowest BCUT2D eigenvalue weighted by Crippen LogP contribution is -2.31. The van der Waals surface area contributed by atoms with Gasteiger partial charge < -0.3 is 20.7 Å². The third-order valence-corrected chi connectivity index (χ3v) is 4.34. The molecule has 3 N–H and O–H groups in total. The van der Waals surface area contributed by atoms with E-state index in [4.69, 9.17) is 10.5 Å². The molecule has 1 saturated heterocycles. The number of carbonyl (C=O) groups excluding carboxylic acids is 1. The number of nitrogens with two attached hydrogens (primary N) is 1. The monoisotopic (exact) mass is 369 g/mol. The van der Waals surface area contributed by atoms with Crippen molar-refractivity contribution in [3.8, 4) is 17.5 Å². The largest absolute Gasteiger partial charge is 0.490 e. The maximum absolute atomic E-state index is 11.6. The van der Waals surface area contributed by atoms with Crippen molar-refractivity contribution in [2.24, 2.45) is 5.73 Å². The molecule has 1 aliphatic heterocycles. The van der Waals surface area contributed by atoms with E-state index < -0.39 is 0 Å². The summed E-state index contributed by atoms with van der Waals surface area (Å²) in [6.45, 7) is 2.77. The van der Waals surface area contributed by atoms with Gasteiger partial charge >= 0.3 is 6.03 Å². The number of ether oxygens (including phenoxy) is 1. The summed E-state index contributed by atoms with van der Waals surface area (Å²) >= 11 is 0. The van der Waals surface area contributed by atoms with Gasteiger partial charge in [0.05, 0.1) is 29.7 Å². The molecule has 1 aliphatic rings. The smallest absolute Gasteiger partial charge is 0.317 e. The van der Waals surface area contributed by atoms with Gasteiger partial charge in [-0.05, 0) is 37.9 Å². The fourth-order valence-corrected chi connectivity index (χ4v) is 2.85. The SMILES string of the molecule is N#Cc1ccc(-n2cc(CCCCN)nn2)cc1OCCN1CCNC1=O. The predicted molar refractivity (Wildman–Crippen MR) is 98.5 cm³/mol. The topological polar surface area (TPSA) is 122 Å². The van der Waals surface area contributed by atoms with E-state index in [1.54, 1.807) is 27.8 Å². The van der Waals surface area contributed by atoms with Crippen molar-refractivity contribution in [1.29, 1.82) is 5.26 Å². The third kappa shape index (κ3) is 4.74. The summed E-state index contributed by atoms with van der Waals surface area (Å²) in [5.74, 6) is 0.467. The highest BCUT2D eigenvalue weighted by atomic mass is 16.5. The van der Waals surface area contributed by atoms with Gasteiger partial charge in [-0.25, -0.2) is 9.48 Å². The highest BCUT2D eigenvalue weighted by molar-refractivity contribution is 5.76. The predicted octanol–water partition coefficient (Wildman–Crippen LogP) is 0.824. The summed E-state index contributed by atoms with van der Waals surface area (Å²) in [4.78, 5) is 13.2. The van der Waals surface area contributed by atoms with E-state index in [2.05, 4.69) is 21.7 Å². The summed E-state index contributed by atoms with van der Waals surface area (Å²) in [6, 6.07) is 7.31. The van der Waals surface area contributed by atoms with E-state index in [-0.39, 0.29) is 6.03 Å². The highest BCUT2D eigenvalue weighted by Gasteiger charge is 2.19. The number of aryl methyl sites for hydroxylation is 1. The number of aromatic nitrogens is 3. The number of carbonyl (C=O) groups is 1. The maximum Gasteiger partial charge on any atom is 0.317 e. The van der Waals surface area contributed by atoms with Crippen LogP contribution in [0.2, 0.25) is 0 Å². The first-order valence-corrected chi connectivity index (χ1v) is 9.02. The molecular weight excluding hydrogens is 346 g/mol. The highest BCUT2D eigenvalue weighted by Crippen LogP contribution is 2.22. The molecule has 0 aliphatic carbocycles. The Labute approximate surface area is 157 Å². The first kappa shape index (κ1) is 18.7. The second kappa shape index (κ2) is 9.00. The number of benzene rings is 1. The molecule has 27 heavy (non-hydrogen) atoms. The molecule has 2 aromatic rings. The van der Waals surface area contributed by atoms with E-state index in [0.29, 0.717) is 44.1 Å². The second-order valence-corrected chi connectivity index (χ2v) is 6.26. The molecule has 0 saturated carbocycles. The molecule has 9 heteroatoms. The summed E-state index contributed by atoms with van der Waals surface area (Å²) in [7, 11) is 0. The van der Waals surface area contributed by atoms with E-state index in [1.165, 1.54) is 0 Å². The van der Waals surface area contributed by atoms with Gasteiger partial charge in [-0.2, -0.15) is 5.26 Å². The van der Waals surface area contributed by atoms with Crippen LogP contribution in [0.5, 0.6) is 5.75 Å². The molecule has 1 fully saturated rings. The maximum atomic E-state index is 11.6. The van der Waals surface area contributed by atoms with Crippen molar-refractivity contribution in [3.05, 3.63) is 35.7 Å². The first-order chi connectivity index (χ1) is 13.2. The number of amides is 2. The van der Waals surface area contributed by atoms with Crippen molar-refractivity contribution in [2.75, 3.05) is 32.8 Å². The fraction of sp³-hybridized carbons (Fsp3) is 0.444. The van der Waals surface area contributed by atoms with E-state index in [9.17, 15) is 10.1 Å². The molecule has 142 valence electrons. The normalized spacial score (nSPS) is 13.5. The van der Waals surface area contributed by atoms with E-state index in [0.717, 1.165) is 30.6 Å². The van der Waals surface area contributed by atoms with Crippen molar-refractivity contribution in [3.63, 3.8) is 0 Å². The number of hydrogen-bond acceptors (Lipinski definition) is 6. The minimum absolute atomic E-state index is 0.0855. The zero-order valence-corrected chi connectivity index (χ0v) is 15.1. The Balaban J connectivity index is 1.66. The molecule has 3 rings (SSSR count). The number of hydrogen-bond donors (Lipinski definition) is 2. The van der Waals surface area contributed by atoms with Gasteiger partial charge in [0.2, 0.25) is 0 Å². The zero-order chi connectivity index (χ0) is 19.1. The van der Waals surface area contributed by atoms with Crippen molar-refractivity contribution >= 4 is 6.03 Å². The zero-order valence-electron chi connectivity index (χ0n) is 15.1. The van der Waals surface area contributed by atoms with Gasteiger partial charge in [-0.3, -0.25) is 0 Å². The lowest BCUT2D eigenvalue weighted by molar-refractivity contribution is 0.202. The van der Waals surface area contributed by atoms with Crippen LogP contribution in [-0.4, -0.2) is 58.7 Å². The minimum Gasteiger partial charge on any atom is -0.490 e. The number of nitrogens with one attached hydrogen (secondary N) is 1. The molecule has 2 heterocycles. The number of urea groups is 1. The van der Waals surface area contributed by atoms with Gasteiger partial charge in [-0.15, -0.1) is 5.10 Å². The lowest BCUT2D eigenvalue weighted by Gasteiger charge is -2.15. The number of rotatable bonds is 9.